The number of hydrogen-bond acceptors (Lipinski definition) is 2. The lowest BCUT2D eigenvalue weighted by Crippen LogP contribution is -2.36. The molecular weight excluding hydrogens is 224 g/mol. The number of nitrogens with two attached hydrogens (primary N) is 1. The molecule has 1 aliphatic rings. The van der Waals surface area contributed by atoms with Crippen molar-refractivity contribution in [2.24, 2.45) is 11.7 Å². The Morgan fingerprint density at radius 2 is 1.89 bits per heavy atom. The number of carbonyl (C=O) groups excluding carboxylic acids is 1. The Kier molecular flexibility index (Phi) is 4.76. The summed E-state index contributed by atoms with van der Waals surface area (Å²) >= 11 is 0. The molecule has 0 bridgehead atoms. The monoisotopic (exact) mass is 246 g/mol. The van der Waals surface area contributed by atoms with Crippen LogP contribution in [0.4, 0.5) is 0 Å². The Hall–Kier alpha value is -1.35. The van der Waals surface area contributed by atoms with Gasteiger partial charge in [-0.1, -0.05) is 49.6 Å². The Bertz CT molecular complexity index is 371. The summed E-state index contributed by atoms with van der Waals surface area (Å²) in [4.78, 5) is 11.5. The lowest BCUT2D eigenvalue weighted by molar-refractivity contribution is -0.120. The average Bonchev–Trinajstić information content (AvgIpc) is 2.41. The fourth-order valence-corrected chi connectivity index (χ4v) is 2.70. The zero-order valence-electron chi connectivity index (χ0n) is 10.8. The first-order chi connectivity index (χ1) is 8.77. The summed E-state index contributed by atoms with van der Waals surface area (Å²) in [7, 11) is 0. The van der Waals surface area contributed by atoms with Crippen molar-refractivity contribution >= 4 is 5.91 Å². The summed E-state index contributed by atoms with van der Waals surface area (Å²) in [6.45, 7) is 0.891. The molecule has 3 N–H and O–H groups in total. The first-order valence-corrected chi connectivity index (χ1v) is 6.85. The van der Waals surface area contributed by atoms with Crippen molar-refractivity contribution in [3.8, 4) is 0 Å². The Labute approximate surface area is 109 Å². The lowest BCUT2D eigenvalue weighted by Gasteiger charge is -2.24. The third-order valence-corrected chi connectivity index (χ3v) is 3.75. The van der Waals surface area contributed by atoms with Crippen LogP contribution in [0.25, 0.3) is 0 Å². The van der Waals surface area contributed by atoms with Crippen molar-refractivity contribution in [3.05, 3.63) is 35.9 Å². The largest absolute Gasteiger partial charge is 0.368 e. The van der Waals surface area contributed by atoms with E-state index in [-0.39, 0.29) is 11.9 Å². The fourth-order valence-electron chi connectivity index (χ4n) is 2.70. The van der Waals surface area contributed by atoms with Crippen LogP contribution in [0.2, 0.25) is 0 Å². The molecule has 1 aromatic carbocycles. The van der Waals surface area contributed by atoms with Crippen molar-refractivity contribution < 1.29 is 4.79 Å². The second-order valence-electron chi connectivity index (χ2n) is 5.16. The predicted octanol–water partition coefficient (Wildman–Crippen LogP) is 2.38. The minimum atomic E-state index is -0.354. The SMILES string of the molecule is NC(=O)C(NCC1CCCCC1)c1ccccc1. The summed E-state index contributed by atoms with van der Waals surface area (Å²) in [5, 5.41) is 3.33. The van der Waals surface area contributed by atoms with Crippen molar-refractivity contribution in [1.29, 1.82) is 0 Å². The molecule has 1 aromatic rings. The highest BCUT2D eigenvalue weighted by Gasteiger charge is 2.20. The van der Waals surface area contributed by atoms with Gasteiger partial charge in [-0.3, -0.25) is 4.79 Å². The van der Waals surface area contributed by atoms with E-state index in [9.17, 15) is 4.79 Å². The molecule has 0 saturated heterocycles. The standard InChI is InChI=1S/C15H22N2O/c16-15(18)14(13-9-5-2-6-10-13)17-11-12-7-3-1-4-8-12/h2,5-6,9-10,12,14,17H,1,3-4,7-8,11H2,(H2,16,18). The molecule has 1 aliphatic carbocycles. The molecule has 0 aromatic heterocycles. The normalized spacial score (nSPS) is 18.4. The molecule has 0 aliphatic heterocycles. The maximum Gasteiger partial charge on any atom is 0.239 e. The van der Waals surface area contributed by atoms with E-state index in [1.807, 2.05) is 30.3 Å². The van der Waals surface area contributed by atoms with Gasteiger partial charge in [-0.2, -0.15) is 0 Å². The van der Waals surface area contributed by atoms with Gasteiger partial charge in [0.2, 0.25) is 5.91 Å². The highest BCUT2D eigenvalue weighted by Crippen LogP contribution is 2.23. The molecule has 0 heterocycles. The van der Waals surface area contributed by atoms with Gasteiger partial charge in [0, 0.05) is 0 Å². The fraction of sp³-hybridized carbons (Fsp3) is 0.533. The van der Waals surface area contributed by atoms with E-state index in [1.165, 1.54) is 32.1 Å². The van der Waals surface area contributed by atoms with Gasteiger partial charge in [-0.25, -0.2) is 0 Å². The van der Waals surface area contributed by atoms with E-state index in [4.69, 9.17) is 5.73 Å². The molecule has 1 atom stereocenters. The number of nitrogens with one attached hydrogen (secondary N) is 1. The number of carbonyl (C=O) groups is 1. The second kappa shape index (κ2) is 6.55. The molecule has 1 saturated carbocycles. The summed E-state index contributed by atoms with van der Waals surface area (Å²) in [6.07, 6.45) is 6.53. The van der Waals surface area contributed by atoms with Crippen molar-refractivity contribution in [2.75, 3.05) is 6.54 Å². The molecule has 18 heavy (non-hydrogen) atoms. The predicted molar refractivity (Wildman–Crippen MR) is 73.0 cm³/mol. The molecule has 3 nitrogen and oxygen atoms in total. The van der Waals surface area contributed by atoms with Gasteiger partial charge < -0.3 is 11.1 Å². The molecule has 1 amide bonds. The molecule has 2 rings (SSSR count). The van der Waals surface area contributed by atoms with Crippen LogP contribution in [0.15, 0.2) is 30.3 Å². The highest BCUT2D eigenvalue weighted by molar-refractivity contribution is 5.81. The molecule has 98 valence electrons. The summed E-state index contributed by atoms with van der Waals surface area (Å²) in [5.41, 5.74) is 6.44. The third kappa shape index (κ3) is 3.57. The zero-order valence-corrected chi connectivity index (χ0v) is 10.8. The van der Waals surface area contributed by atoms with Gasteiger partial charge in [-0.15, -0.1) is 0 Å². The topological polar surface area (TPSA) is 55.1 Å². The maximum atomic E-state index is 11.5. The maximum absolute atomic E-state index is 11.5. The quantitative estimate of drug-likeness (QED) is 0.838. The first-order valence-electron chi connectivity index (χ1n) is 6.85. The molecule has 0 spiro atoms. The van der Waals surface area contributed by atoms with Crippen LogP contribution in [0.1, 0.15) is 43.7 Å². The smallest absolute Gasteiger partial charge is 0.239 e. The van der Waals surface area contributed by atoms with Gasteiger partial charge in [0.05, 0.1) is 0 Å². The molecular formula is C15H22N2O. The number of rotatable bonds is 5. The van der Waals surface area contributed by atoms with Crippen LogP contribution in [0.5, 0.6) is 0 Å². The van der Waals surface area contributed by atoms with E-state index in [1.54, 1.807) is 0 Å². The number of benzene rings is 1. The van der Waals surface area contributed by atoms with Gasteiger partial charge >= 0.3 is 0 Å². The van der Waals surface area contributed by atoms with Crippen molar-refractivity contribution in [1.82, 2.24) is 5.32 Å². The van der Waals surface area contributed by atoms with Crippen molar-refractivity contribution in [2.45, 2.75) is 38.1 Å². The van der Waals surface area contributed by atoms with E-state index in [0.29, 0.717) is 5.92 Å². The summed E-state index contributed by atoms with van der Waals surface area (Å²) in [6, 6.07) is 9.37. The third-order valence-electron chi connectivity index (χ3n) is 3.75. The minimum absolute atomic E-state index is 0.294. The Morgan fingerprint density at radius 1 is 1.22 bits per heavy atom. The first kappa shape index (κ1) is 13.1. The number of amides is 1. The van der Waals surface area contributed by atoms with Crippen LogP contribution in [0.3, 0.4) is 0 Å². The average molecular weight is 246 g/mol. The van der Waals surface area contributed by atoms with Crippen LogP contribution < -0.4 is 11.1 Å². The van der Waals surface area contributed by atoms with Crippen molar-refractivity contribution in [3.63, 3.8) is 0 Å². The highest BCUT2D eigenvalue weighted by atomic mass is 16.1. The van der Waals surface area contributed by atoms with Crippen LogP contribution in [-0.4, -0.2) is 12.5 Å². The molecule has 0 radical (unpaired) electrons. The van der Waals surface area contributed by atoms with Gasteiger partial charge in [0.15, 0.2) is 0 Å². The van der Waals surface area contributed by atoms with Gasteiger partial charge in [-0.05, 0) is 30.9 Å². The van der Waals surface area contributed by atoms with Gasteiger partial charge in [0.25, 0.3) is 0 Å². The van der Waals surface area contributed by atoms with Gasteiger partial charge in [0.1, 0.15) is 6.04 Å². The second-order valence-corrected chi connectivity index (χ2v) is 5.16. The zero-order chi connectivity index (χ0) is 12.8. The lowest BCUT2D eigenvalue weighted by atomic mass is 9.89. The number of hydrogen-bond donors (Lipinski definition) is 2. The molecule has 1 unspecified atom stereocenters. The van der Waals surface area contributed by atoms with Crippen LogP contribution in [0, 0.1) is 5.92 Å². The van der Waals surface area contributed by atoms with E-state index >= 15 is 0 Å². The minimum Gasteiger partial charge on any atom is -0.368 e. The van der Waals surface area contributed by atoms with Crippen LogP contribution in [-0.2, 0) is 4.79 Å². The summed E-state index contributed by atoms with van der Waals surface area (Å²) in [5.74, 6) is 0.404. The van der Waals surface area contributed by atoms with E-state index in [0.717, 1.165) is 12.1 Å². The van der Waals surface area contributed by atoms with E-state index in [2.05, 4.69) is 5.32 Å². The van der Waals surface area contributed by atoms with E-state index < -0.39 is 0 Å². The molecule has 1 fully saturated rings. The molecule has 3 heteroatoms. The summed E-state index contributed by atoms with van der Waals surface area (Å²) < 4.78 is 0. The Morgan fingerprint density at radius 3 is 2.50 bits per heavy atom. The van der Waals surface area contributed by atoms with Crippen LogP contribution >= 0.6 is 0 Å². The Balaban J connectivity index is 1.92. The number of primary amides is 1.